The van der Waals surface area contributed by atoms with E-state index in [1.807, 2.05) is 6.92 Å². The average molecular weight is 467 g/mol. The lowest BCUT2D eigenvalue weighted by molar-refractivity contribution is -0.120. The number of hydrogen-bond acceptors (Lipinski definition) is 4. The molecule has 8 heteroatoms. The van der Waals surface area contributed by atoms with E-state index in [0.717, 1.165) is 10.2 Å². The Morgan fingerprint density at radius 2 is 1.86 bits per heavy atom. The highest BCUT2D eigenvalue weighted by atomic mass is 79.9. The van der Waals surface area contributed by atoms with Gasteiger partial charge in [-0.1, -0.05) is 15.9 Å². The number of nitrogens with zero attached hydrogens (tertiary/aromatic N) is 1. The smallest absolute Gasteiger partial charge is 0.243 e. The Morgan fingerprint density at radius 3 is 2.50 bits per heavy atom. The van der Waals surface area contributed by atoms with Crippen molar-refractivity contribution in [3.63, 3.8) is 0 Å². The molecule has 0 aliphatic carbocycles. The van der Waals surface area contributed by atoms with E-state index in [9.17, 15) is 13.2 Å². The number of benzene rings is 2. The Morgan fingerprint density at radius 1 is 1.18 bits per heavy atom. The maximum atomic E-state index is 12.9. The number of carbonyl (C=O) groups excluding carboxylic acids is 1. The molecule has 2 aromatic rings. The van der Waals surface area contributed by atoms with E-state index in [1.165, 1.54) is 4.31 Å². The summed E-state index contributed by atoms with van der Waals surface area (Å²) in [4.78, 5) is 12.9. The van der Waals surface area contributed by atoms with E-state index in [1.54, 1.807) is 48.5 Å². The van der Waals surface area contributed by atoms with Gasteiger partial charge in [0, 0.05) is 23.2 Å². The largest absolute Gasteiger partial charge is 0.494 e. The topological polar surface area (TPSA) is 75.7 Å². The quantitative estimate of drug-likeness (QED) is 0.700. The molecule has 0 saturated carbocycles. The molecule has 0 aromatic heterocycles. The number of nitrogens with one attached hydrogen (secondary N) is 1. The third-order valence-corrected chi connectivity index (χ3v) is 7.05. The van der Waals surface area contributed by atoms with Crippen molar-refractivity contribution in [2.24, 2.45) is 5.92 Å². The third kappa shape index (κ3) is 4.92. The van der Waals surface area contributed by atoms with Crippen LogP contribution in [0.1, 0.15) is 19.8 Å². The average Bonchev–Trinajstić information content (AvgIpc) is 2.70. The minimum absolute atomic E-state index is 0.167. The molecular weight excluding hydrogens is 444 g/mol. The van der Waals surface area contributed by atoms with Gasteiger partial charge >= 0.3 is 0 Å². The second-order valence-corrected chi connectivity index (χ2v) is 9.46. The van der Waals surface area contributed by atoms with Gasteiger partial charge in [0.05, 0.1) is 17.4 Å². The molecule has 1 heterocycles. The molecule has 6 nitrogen and oxygen atoms in total. The molecule has 1 N–H and O–H groups in total. The van der Waals surface area contributed by atoms with Gasteiger partial charge in [0.1, 0.15) is 5.75 Å². The van der Waals surface area contributed by atoms with Crippen molar-refractivity contribution in [1.29, 1.82) is 0 Å². The summed E-state index contributed by atoms with van der Waals surface area (Å²) in [7, 11) is -3.61. The van der Waals surface area contributed by atoms with Crippen LogP contribution in [0.2, 0.25) is 0 Å². The number of hydrogen-bond donors (Lipinski definition) is 1. The first-order valence-corrected chi connectivity index (χ1v) is 11.4. The number of halogens is 1. The van der Waals surface area contributed by atoms with Crippen molar-refractivity contribution in [3.05, 3.63) is 53.0 Å². The SMILES string of the molecule is CCOc1ccc(NC(=O)[C@@H]2CCCN(S(=O)(=O)c3ccc(Br)cc3)C2)cc1. The van der Waals surface area contributed by atoms with Gasteiger partial charge in [-0.05, 0) is 68.3 Å². The van der Waals surface area contributed by atoms with Crippen molar-refractivity contribution >= 4 is 37.5 Å². The Bertz CT molecular complexity index is 914. The van der Waals surface area contributed by atoms with E-state index in [-0.39, 0.29) is 23.3 Å². The fourth-order valence-electron chi connectivity index (χ4n) is 3.18. The van der Waals surface area contributed by atoms with Gasteiger partial charge in [-0.2, -0.15) is 4.31 Å². The van der Waals surface area contributed by atoms with Crippen LogP contribution < -0.4 is 10.1 Å². The number of rotatable bonds is 6. The fourth-order valence-corrected chi connectivity index (χ4v) is 4.96. The Hall–Kier alpha value is -1.90. The molecule has 1 atom stereocenters. The maximum absolute atomic E-state index is 12.9. The zero-order chi connectivity index (χ0) is 20.1. The van der Waals surface area contributed by atoms with E-state index < -0.39 is 10.0 Å². The van der Waals surface area contributed by atoms with Crippen LogP contribution in [0.15, 0.2) is 57.9 Å². The summed E-state index contributed by atoms with van der Waals surface area (Å²) in [6.45, 7) is 3.09. The summed E-state index contributed by atoms with van der Waals surface area (Å²) >= 11 is 3.31. The van der Waals surface area contributed by atoms with Crippen molar-refractivity contribution in [3.8, 4) is 5.75 Å². The third-order valence-electron chi connectivity index (χ3n) is 4.64. The van der Waals surface area contributed by atoms with Crippen molar-refractivity contribution < 1.29 is 17.9 Å². The summed E-state index contributed by atoms with van der Waals surface area (Å²) in [5, 5.41) is 2.88. The first kappa shape index (κ1) is 20.8. The lowest BCUT2D eigenvalue weighted by atomic mass is 9.99. The van der Waals surface area contributed by atoms with Crippen LogP contribution in [0.25, 0.3) is 0 Å². The highest BCUT2D eigenvalue weighted by molar-refractivity contribution is 9.10. The van der Waals surface area contributed by atoms with Gasteiger partial charge in [0.2, 0.25) is 15.9 Å². The maximum Gasteiger partial charge on any atom is 0.243 e. The molecule has 28 heavy (non-hydrogen) atoms. The van der Waals surface area contributed by atoms with Crippen molar-refractivity contribution in [1.82, 2.24) is 4.31 Å². The van der Waals surface area contributed by atoms with Crippen LogP contribution in [-0.4, -0.2) is 38.3 Å². The summed E-state index contributed by atoms with van der Waals surface area (Å²) < 4.78 is 33.4. The first-order valence-electron chi connectivity index (χ1n) is 9.19. The van der Waals surface area contributed by atoms with Crippen molar-refractivity contribution in [2.75, 3.05) is 25.0 Å². The highest BCUT2D eigenvalue weighted by Crippen LogP contribution is 2.26. The molecule has 0 spiro atoms. The minimum atomic E-state index is -3.61. The van der Waals surface area contributed by atoms with Gasteiger partial charge in [0.25, 0.3) is 0 Å². The van der Waals surface area contributed by atoms with Crippen molar-refractivity contribution in [2.45, 2.75) is 24.7 Å². The molecule has 1 amide bonds. The lowest BCUT2D eigenvalue weighted by Gasteiger charge is -2.31. The second kappa shape index (κ2) is 9.07. The molecular formula is C20H23BrN2O4S. The number of sulfonamides is 1. The van der Waals surface area contributed by atoms with Crippen LogP contribution in [0.3, 0.4) is 0 Å². The van der Waals surface area contributed by atoms with Gasteiger partial charge in [0.15, 0.2) is 0 Å². The fraction of sp³-hybridized carbons (Fsp3) is 0.350. The summed E-state index contributed by atoms with van der Waals surface area (Å²) in [5.74, 6) is 0.190. The van der Waals surface area contributed by atoms with Crippen LogP contribution in [0.4, 0.5) is 5.69 Å². The standard InChI is InChI=1S/C20H23BrN2O4S/c1-2-27-18-9-7-17(8-10-18)22-20(24)15-4-3-13-23(14-15)28(25,26)19-11-5-16(21)6-12-19/h5-12,15H,2-4,13-14H2,1H3,(H,22,24)/t15-/m1/s1. The van der Waals surface area contributed by atoms with Crippen LogP contribution in [0, 0.1) is 5.92 Å². The van der Waals surface area contributed by atoms with E-state index >= 15 is 0 Å². The predicted molar refractivity (Wildman–Crippen MR) is 112 cm³/mol. The number of ether oxygens (including phenoxy) is 1. The second-order valence-electron chi connectivity index (χ2n) is 6.60. The van der Waals surface area contributed by atoms with Gasteiger partial charge in [-0.25, -0.2) is 8.42 Å². The molecule has 150 valence electrons. The Balaban J connectivity index is 1.66. The van der Waals surface area contributed by atoms with E-state index in [0.29, 0.717) is 31.7 Å². The molecule has 1 aliphatic heterocycles. The number of anilines is 1. The number of piperidine rings is 1. The van der Waals surface area contributed by atoms with Gasteiger partial charge in [-0.15, -0.1) is 0 Å². The van der Waals surface area contributed by atoms with E-state index in [4.69, 9.17) is 4.74 Å². The molecule has 0 unspecified atom stereocenters. The van der Waals surface area contributed by atoms with Gasteiger partial charge < -0.3 is 10.1 Å². The van der Waals surface area contributed by atoms with Crippen LogP contribution in [0.5, 0.6) is 5.75 Å². The normalized spacial score (nSPS) is 17.9. The molecule has 3 rings (SSSR count). The molecule has 1 aliphatic rings. The van der Waals surface area contributed by atoms with Crippen LogP contribution in [-0.2, 0) is 14.8 Å². The zero-order valence-electron chi connectivity index (χ0n) is 15.6. The molecule has 1 fully saturated rings. The zero-order valence-corrected chi connectivity index (χ0v) is 18.0. The Kier molecular flexibility index (Phi) is 6.74. The summed E-state index contributed by atoms with van der Waals surface area (Å²) in [6, 6.07) is 13.7. The molecule has 1 saturated heterocycles. The number of carbonyl (C=O) groups is 1. The van der Waals surface area contributed by atoms with E-state index in [2.05, 4.69) is 21.2 Å². The molecule has 2 aromatic carbocycles. The first-order chi connectivity index (χ1) is 13.4. The van der Waals surface area contributed by atoms with Crippen LogP contribution >= 0.6 is 15.9 Å². The monoisotopic (exact) mass is 466 g/mol. The summed E-state index contributed by atoms with van der Waals surface area (Å²) in [6.07, 6.45) is 1.31. The predicted octanol–water partition coefficient (Wildman–Crippen LogP) is 3.89. The molecule has 0 bridgehead atoms. The highest BCUT2D eigenvalue weighted by Gasteiger charge is 2.33. The Labute approximate surface area is 174 Å². The number of amides is 1. The molecule has 0 radical (unpaired) electrons. The lowest BCUT2D eigenvalue weighted by Crippen LogP contribution is -2.43. The summed E-state index contributed by atoms with van der Waals surface area (Å²) in [5.41, 5.74) is 0.668. The minimum Gasteiger partial charge on any atom is -0.494 e. The van der Waals surface area contributed by atoms with Gasteiger partial charge in [-0.3, -0.25) is 4.79 Å².